The molecule has 1 atom stereocenters. The fourth-order valence-electron chi connectivity index (χ4n) is 1.77. The molecule has 0 fully saturated rings. The molecule has 1 rings (SSSR count). The monoisotopic (exact) mass is 333 g/mol. The molecule has 0 aliphatic rings. The summed E-state index contributed by atoms with van der Waals surface area (Å²) in [6.07, 6.45) is 1.28. The average molecular weight is 334 g/mol. The van der Waals surface area contributed by atoms with Crippen molar-refractivity contribution in [2.45, 2.75) is 32.2 Å². The molecule has 0 saturated carbocycles. The molecule has 0 aliphatic carbocycles. The van der Waals surface area contributed by atoms with E-state index in [0.717, 1.165) is 6.42 Å². The first-order chi connectivity index (χ1) is 9.92. The van der Waals surface area contributed by atoms with E-state index in [2.05, 4.69) is 5.32 Å². The number of rotatable bonds is 8. The third-order valence-corrected chi connectivity index (χ3v) is 3.42. The third-order valence-electron chi connectivity index (χ3n) is 2.68. The van der Waals surface area contributed by atoms with Crippen LogP contribution in [-0.4, -0.2) is 29.6 Å². The van der Waals surface area contributed by atoms with Crippen LogP contribution in [0.4, 0.5) is 0 Å². The number of benzene rings is 1. The molecule has 0 saturated heterocycles. The molecule has 5 nitrogen and oxygen atoms in total. The van der Waals surface area contributed by atoms with Gasteiger partial charge in [0.2, 0.25) is 0 Å². The maximum absolute atomic E-state index is 11.7. The zero-order valence-corrected chi connectivity index (χ0v) is 13.1. The van der Waals surface area contributed by atoms with E-state index in [-0.39, 0.29) is 18.9 Å². The maximum Gasteiger partial charge on any atom is 0.305 e. The Bertz CT molecular complexity index is 508. The smallest absolute Gasteiger partial charge is 0.305 e. The van der Waals surface area contributed by atoms with Crippen LogP contribution in [0, 0.1) is 0 Å². The molecule has 2 N–H and O–H groups in total. The molecule has 1 unspecified atom stereocenters. The van der Waals surface area contributed by atoms with Crippen molar-refractivity contribution in [2.24, 2.45) is 0 Å². The Balaban J connectivity index is 2.48. The van der Waals surface area contributed by atoms with Gasteiger partial charge in [-0.3, -0.25) is 9.59 Å². The molecule has 21 heavy (non-hydrogen) atoms. The number of carboxylic acids is 1. The summed E-state index contributed by atoms with van der Waals surface area (Å²) >= 11 is 11.6. The van der Waals surface area contributed by atoms with Gasteiger partial charge >= 0.3 is 5.97 Å². The first-order valence-electron chi connectivity index (χ1n) is 6.51. The largest absolute Gasteiger partial charge is 0.484 e. The molecule has 1 aromatic rings. The van der Waals surface area contributed by atoms with Crippen molar-refractivity contribution in [3.8, 4) is 5.75 Å². The van der Waals surface area contributed by atoms with Gasteiger partial charge in [0, 0.05) is 12.1 Å². The first kappa shape index (κ1) is 17.6. The number of nitrogens with one attached hydrogen (secondary N) is 1. The Morgan fingerprint density at radius 2 is 2.05 bits per heavy atom. The van der Waals surface area contributed by atoms with Crippen LogP contribution < -0.4 is 10.1 Å². The minimum atomic E-state index is -0.945. The van der Waals surface area contributed by atoms with Crippen molar-refractivity contribution in [3.05, 3.63) is 28.2 Å². The Kier molecular flexibility index (Phi) is 7.32. The van der Waals surface area contributed by atoms with Crippen molar-refractivity contribution in [2.75, 3.05) is 6.61 Å². The molecule has 1 amide bonds. The van der Waals surface area contributed by atoms with E-state index in [1.54, 1.807) is 12.1 Å². The average Bonchev–Trinajstić information content (AvgIpc) is 2.39. The second-order valence-corrected chi connectivity index (χ2v) is 5.33. The molecule has 0 radical (unpaired) electrons. The van der Waals surface area contributed by atoms with Crippen molar-refractivity contribution in [1.29, 1.82) is 0 Å². The summed E-state index contributed by atoms with van der Waals surface area (Å²) in [5, 5.41) is 12.2. The van der Waals surface area contributed by atoms with Gasteiger partial charge in [0.05, 0.1) is 16.5 Å². The van der Waals surface area contributed by atoms with Gasteiger partial charge in [-0.25, -0.2) is 0 Å². The first-order valence-corrected chi connectivity index (χ1v) is 7.27. The number of halogens is 2. The molecule has 0 heterocycles. The minimum Gasteiger partial charge on any atom is -0.484 e. The quantitative estimate of drug-likeness (QED) is 0.766. The van der Waals surface area contributed by atoms with E-state index in [4.69, 9.17) is 33.0 Å². The summed E-state index contributed by atoms with van der Waals surface area (Å²) in [4.78, 5) is 22.5. The molecule has 0 bridgehead atoms. The lowest BCUT2D eigenvalue weighted by atomic mass is 10.1. The predicted octanol–water partition coefficient (Wildman–Crippen LogP) is 3.13. The van der Waals surface area contributed by atoms with Gasteiger partial charge in [-0.2, -0.15) is 0 Å². The van der Waals surface area contributed by atoms with Crippen LogP contribution in [0.2, 0.25) is 10.0 Å². The lowest BCUT2D eigenvalue weighted by Gasteiger charge is -2.16. The van der Waals surface area contributed by atoms with Crippen molar-refractivity contribution in [1.82, 2.24) is 5.32 Å². The highest BCUT2D eigenvalue weighted by atomic mass is 35.5. The van der Waals surface area contributed by atoms with Crippen LogP contribution in [0.1, 0.15) is 26.2 Å². The standard InChI is InChI=1S/C14H17Cl2NO4/c1-2-3-9(6-14(19)20)17-13(18)8-21-10-4-5-11(15)12(16)7-10/h4-5,7,9H,2-3,6,8H2,1H3,(H,17,18)(H,19,20). The Morgan fingerprint density at radius 3 is 2.62 bits per heavy atom. The number of carboxylic acid groups (broad SMARTS) is 1. The van der Waals surface area contributed by atoms with Gasteiger partial charge in [-0.15, -0.1) is 0 Å². The number of hydrogen-bond acceptors (Lipinski definition) is 3. The zero-order chi connectivity index (χ0) is 15.8. The number of carbonyl (C=O) groups is 2. The summed E-state index contributed by atoms with van der Waals surface area (Å²) in [5.41, 5.74) is 0. The highest BCUT2D eigenvalue weighted by molar-refractivity contribution is 6.42. The summed E-state index contributed by atoms with van der Waals surface area (Å²) in [5.74, 6) is -0.898. The summed E-state index contributed by atoms with van der Waals surface area (Å²) in [6, 6.07) is 4.29. The van der Waals surface area contributed by atoms with Crippen molar-refractivity contribution in [3.63, 3.8) is 0 Å². The van der Waals surface area contributed by atoms with Gasteiger partial charge in [0.25, 0.3) is 5.91 Å². The molecule has 0 aromatic heterocycles. The van der Waals surface area contributed by atoms with Crippen LogP contribution in [0.3, 0.4) is 0 Å². The Morgan fingerprint density at radius 1 is 1.33 bits per heavy atom. The van der Waals surface area contributed by atoms with Gasteiger partial charge in [-0.05, 0) is 18.6 Å². The third kappa shape index (κ3) is 6.69. The SMILES string of the molecule is CCCC(CC(=O)O)NC(=O)COc1ccc(Cl)c(Cl)c1. The molecule has 116 valence electrons. The van der Waals surface area contributed by atoms with E-state index in [9.17, 15) is 9.59 Å². The van der Waals surface area contributed by atoms with Gasteiger partial charge in [0.15, 0.2) is 6.61 Å². The van der Waals surface area contributed by atoms with Gasteiger partial charge in [-0.1, -0.05) is 36.5 Å². The van der Waals surface area contributed by atoms with Crippen LogP contribution in [0.15, 0.2) is 18.2 Å². The second-order valence-electron chi connectivity index (χ2n) is 4.52. The van der Waals surface area contributed by atoms with Gasteiger partial charge in [0.1, 0.15) is 5.75 Å². The van der Waals surface area contributed by atoms with E-state index >= 15 is 0 Å². The lowest BCUT2D eigenvalue weighted by Crippen LogP contribution is -2.39. The van der Waals surface area contributed by atoms with Gasteiger partial charge < -0.3 is 15.2 Å². The number of hydrogen-bond donors (Lipinski definition) is 2. The maximum atomic E-state index is 11.7. The van der Waals surface area contributed by atoms with E-state index in [1.807, 2.05) is 6.92 Å². The van der Waals surface area contributed by atoms with Crippen molar-refractivity contribution >= 4 is 35.1 Å². The molecular weight excluding hydrogens is 317 g/mol. The highest BCUT2D eigenvalue weighted by Crippen LogP contribution is 2.26. The summed E-state index contributed by atoms with van der Waals surface area (Å²) in [7, 11) is 0. The zero-order valence-electron chi connectivity index (χ0n) is 11.6. The van der Waals surface area contributed by atoms with Crippen LogP contribution in [-0.2, 0) is 9.59 Å². The fourth-order valence-corrected chi connectivity index (χ4v) is 2.06. The molecule has 7 heteroatoms. The molecule has 1 aromatic carbocycles. The normalized spacial score (nSPS) is 11.8. The summed E-state index contributed by atoms with van der Waals surface area (Å²) in [6.45, 7) is 1.71. The Labute approximate surface area is 133 Å². The minimum absolute atomic E-state index is 0.105. The molecule has 0 aliphatic heterocycles. The summed E-state index contributed by atoms with van der Waals surface area (Å²) < 4.78 is 5.29. The number of ether oxygens (including phenoxy) is 1. The van der Waals surface area contributed by atoms with E-state index in [1.165, 1.54) is 6.07 Å². The Hall–Kier alpha value is -1.46. The topological polar surface area (TPSA) is 75.6 Å². The van der Waals surface area contributed by atoms with E-state index in [0.29, 0.717) is 22.2 Å². The van der Waals surface area contributed by atoms with Crippen LogP contribution in [0.5, 0.6) is 5.75 Å². The second kappa shape index (κ2) is 8.74. The highest BCUT2D eigenvalue weighted by Gasteiger charge is 2.15. The fraction of sp³-hybridized carbons (Fsp3) is 0.429. The van der Waals surface area contributed by atoms with Crippen LogP contribution >= 0.6 is 23.2 Å². The predicted molar refractivity (Wildman–Crippen MR) is 81.0 cm³/mol. The number of amides is 1. The van der Waals surface area contributed by atoms with Crippen molar-refractivity contribution < 1.29 is 19.4 Å². The number of carbonyl (C=O) groups excluding carboxylic acids is 1. The number of aliphatic carboxylic acids is 1. The molecule has 0 spiro atoms. The van der Waals surface area contributed by atoms with Crippen LogP contribution in [0.25, 0.3) is 0 Å². The molecular formula is C14H17Cl2NO4. The van der Waals surface area contributed by atoms with E-state index < -0.39 is 12.0 Å². The lowest BCUT2D eigenvalue weighted by molar-refractivity contribution is -0.137.